The van der Waals surface area contributed by atoms with Crippen molar-refractivity contribution in [2.24, 2.45) is 5.92 Å². The van der Waals surface area contributed by atoms with Gasteiger partial charge in [0.25, 0.3) is 5.91 Å². The Morgan fingerprint density at radius 2 is 1.88 bits per heavy atom. The molecule has 0 aliphatic rings. The van der Waals surface area contributed by atoms with Crippen LogP contribution in [0.1, 0.15) is 44.0 Å². The van der Waals surface area contributed by atoms with Crippen molar-refractivity contribution >= 4 is 5.91 Å². The first-order valence-corrected chi connectivity index (χ1v) is 5.99. The van der Waals surface area contributed by atoms with Crippen LogP contribution in [0.25, 0.3) is 0 Å². The fourth-order valence-electron chi connectivity index (χ4n) is 1.75. The highest BCUT2D eigenvalue weighted by atomic mass is 16.1. The Morgan fingerprint density at radius 1 is 1.25 bits per heavy atom. The number of nitrogens with one attached hydrogen (secondary N) is 1. The van der Waals surface area contributed by atoms with Gasteiger partial charge < -0.3 is 5.32 Å². The SMILES string of the molecule is CCC(CC(C)C)NC(=O)c1ccccc1. The second kappa shape index (κ2) is 6.31. The Hall–Kier alpha value is -1.31. The molecule has 0 aliphatic heterocycles. The highest BCUT2D eigenvalue weighted by Crippen LogP contribution is 2.08. The summed E-state index contributed by atoms with van der Waals surface area (Å²) in [6.45, 7) is 6.47. The lowest BCUT2D eigenvalue weighted by molar-refractivity contribution is 0.0931. The van der Waals surface area contributed by atoms with Crippen molar-refractivity contribution in [3.05, 3.63) is 35.9 Å². The van der Waals surface area contributed by atoms with Gasteiger partial charge in [-0.1, -0.05) is 39.0 Å². The second-order valence-electron chi connectivity index (χ2n) is 4.57. The molecule has 1 atom stereocenters. The monoisotopic (exact) mass is 219 g/mol. The first-order chi connectivity index (χ1) is 7.63. The van der Waals surface area contributed by atoms with Gasteiger partial charge in [0.05, 0.1) is 0 Å². The molecule has 88 valence electrons. The van der Waals surface area contributed by atoms with Gasteiger partial charge in [-0.05, 0) is 30.9 Å². The van der Waals surface area contributed by atoms with Crippen molar-refractivity contribution < 1.29 is 4.79 Å². The van der Waals surface area contributed by atoms with Crippen LogP contribution in [0, 0.1) is 5.92 Å². The summed E-state index contributed by atoms with van der Waals surface area (Å²) in [4.78, 5) is 11.9. The lowest BCUT2D eigenvalue weighted by Gasteiger charge is -2.18. The highest BCUT2D eigenvalue weighted by Gasteiger charge is 2.12. The molecular formula is C14H21NO. The quantitative estimate of drug-likeness (QED) is 0.809. The van der Waals surface area contributed by atoms with E-state index < -0.39 is 0 Å². The molecule has 1 aromatic carbocycles. The Kier molecular flexibility index (Phi) is 5.03. The number of hydrogen-bond donors (Lipinski definition) is 1. The van der Waals surface area contributed by atoms with E-state index in [1.54, 1.807) is 0 Å². The fourth-order valence-corrected chi connectivity index (χ4v) is 1.75. The van der Waals surface area contributed by atoms with Gasteiger partial charge >= 0.3 is 0 Å². The molecule has 0 aromatic heterocycles. The van der Waals surface area contributed by atoms with Crippen LogP contribution in [-0.2, 0) is 0 Å². The Balaban J connectivity index is 2.56. The molecule has 0 bridgehead atoms. The maximum absolute atomic E-state index is 11.9. The number of benzene rings is 1. The minimum Gasteiger partial charge on any atom is -0.349 e. The third-order valence-corrected chi connectivity index (χ3v) is 2.62. The first-order valence-electron chi connectivity index (χ1n) is 5.99. The molecule has 0 aliphatic carbocycles. The Bertz CT molecular complexity index is 319. The average molecular weight is 219 g/mol. The van der Waals surface area contributed by atoms with E-state index in [-0.39, 0.29) is 11.9 Å². The molecular weight excluding hydrogens is 198 g/mol. The number of amides is 1. The summed E-state index contributed by atoms with van der Waals surface area (Å²) in [6, 6.07) is 9.67. The summed E-state index contributed by atoms with van der Waals surface area (Å²) in [5, 5.41) is 3.08. The van der Waals surface area contributed by atoms with Gasteiger partial charge in [-0.15, -0.1) is 0 Å². The smallest absolute Gasteiger partial charge is 0.251 e. The lowest BCUT2D eigenvalue weighted by Crippen LogP contribution is -2.35. The molecule has 1 rings (SSSR count). The van der Waals surface area contributed by atoms with Gasteiger partial charge in [0, 0.05) is 11.6 Å². The van der Waals surface area contributed by atoms with Crippen LogP contribution in [0.15, 0.2) is 30.3 Å². The minimum absolute atomic E-state index is 0.0353. The van der Waals surface area contributed by atoms with Crippen LogP contribution in [0.4, 0.5) is 0 Å². The predicted octanol–water partition coefficient (Wildman–Crippen LogP) is 3.24. The number of rotatable bonds is 5. The van der Waals surface area contributed by atoms with Crippen molar-refractivity contribution in [3.8, 4) is 0 Å². The molecule has 1 unspecified atom stereocenters. The van der Waals surface area contributed by atoms with Crippen LogP contribution in [0.5, 0.6) is 0 Å². The third-order valence-electron chi connectivity index (χ3n) is 2.62. The summed E-state index contributed by atoms with van der Waals surface area (Å²) in [5.41, 5.74) is 0.740. The molecule has 0 radical (unpaired) electrons. The van der Waals surface area contributed by atoms with E-state index in [4.69, 9.17) is 0 Å². The van der Waals surface area contributed by atoms with Crippen molar-refractivity contribution in [1.82, 2.24) is 5.32 Å². The Labute approximate surface area is 98.1 Å². The standard InChI is InChI=1S/C14H21NO/c1-4-13(10-11(2)3)15-14(16)12-8-6-5-7-9-12/h5-9,11,13H,4,10H2,1-3H3,(H,15,16). The summed E-state index contributed by atoms with van der Waals surface area (Å²) in [7, 11) is 0. The predicted molar refractivity (Wildman–Crippen MR) is 67.4 cm³/mol. The molecule has 0 spiro atoms. The molecule has 1 aromatic rings. The van der Waals surface area contributed by atoms with Crippen LogP contribution < -0.4 is 5.32 Å². The molecule has 0 saturated heterocycles. The number of hydrogen-bond acceptors (Lipinski definition) is 1. The molecule has 2 heteroatoms. The molecule has 1 amide bonds. The van der Waals surface area contributed by atoms with E-state index in [2.05, 4.69) is 26.1 Å². The lowest BCUT2D eigenvalue weighted by atomic mass is 10.0. The number of carbonyl (C=O) groups excluding carboxylic acids is 1. The molecule has 16 heavy (non-hydrogen) atoms. The summed E-state index contributed by atoms with van der Waals surface area (Å²) < 4.78 is 0. The van der Waals surface area contributed by atoms with Gasteiger partial charge in [0.15, 0.2) is 0 Å². The topological polar surface area (TPSA) is 29.1 Å². The summed E-state index contributed by atoms with van der Waals surface area (Å²) in [5.74, 6) is 0.647. The van der Waals surface area contributed by atoms with E-state index in [1.807, 2.05) is 30.3 Å². The van der Waals surface area contributed by atoms with Gasteiger partial charge in [0.1, 0.15) is 0 Å². The molecule has 2 nitrogen and oxygen atoms in total. The minimum atomic E-state index is 0.0353. The van der Waals surface area contributed by atoms with E-state index >= 15 is 0 Å². The summed E-state index contributed by atoms with van der Waals surface area (Å²) in [6.07, 6.45) is 2.02. The molecule has 0 fully saturated rings. The van der Waals surface area contributed by atoms with E-state index in [1.165, 1.54) is 0 Å². The maximum atomic E-state index is 11.9. The normalized spacial score (nSPS) is 12.5. The molecule has 0 heterocycles. The Morgan fingerprint density at radius 3 is 2.38 bits per heavy atom. The van der Waals surface area contributed by atoms with Crippen LogP contribution in [0.2, 0.25) is 0 Å². The number of carbonyl (C=O) groups is 1. The van der Waals surface area contributed by atoms with Crippen LogP contribution in [-0.4, -0.2) is 11.9 Å². The van der Waals surface area contributed by atoms with Crippen molar-refractivity contribution in [2.75, 3.05) is 0 Å². The highest BCUT2D eigenvalue weighted by molar-refractivity contribution is 5.94. The van der Waals surface area contributed by atoms with Crippen molar-refractivity contribution in [1.29, 1.82) is 0 Å². The largest absolute Gasteiger partial charge is 0.349 e. The van der Waals surface area contributed by atoms with Gasteiger partial charge in [0.2, 0.25) is 0 Å². The molecule has 1 N–H and O–H groups in total. The van der Waals surface area contributed by atoms with Gasteiger partial charge in [-0.25, -0.2) is 0 Å². The maximum Gasteiger partial charge on any atom is 0.251 e. The summed E-state index contributed by atoms with van der Waals surface area (Å²) >= 11 is 0. The zero-order valence-corrected chi connectivity index (χ0v) is 10.4. The zero-order chi connectivity index (χ0) is 12.0. The van der Waals surface area contributed by atoms with Crippen LogP contribution >= 0.6 is 0 Å². The van der Waals surface area contributed by atoms with Crippen molar-refractivity contribution in [2.45, 2.75) is 39.7 Å². The fraction of sp³-hybridized carbons (Fsp3) is 0.500. The third kappa shape index (κ3) is 4.05. The van der Waals surface area contributed by atoms with E-state index in [9.17, 15) is 4.79 Å². The second-order valence-corrected chi connectivity index (χ2v) is 4.57. The van der Waals surface area contributed by atoms with Crippen molar-refractivity contribution in [3.63, 3.8) is 0 Å². The van der Waals surface area contributed by atoms with Gasteiger partial charge in [-0.2, -0.15) is 0 Å². The van der Waals surface area contributed by atoms with E-state index in [0.29, 0.717) is 5.92 Å². The van der Waals surface area contributed by atoms with Gasteiger partial charge in [-0.3, -0.25) is 4.79 Å². The zero-order valence-electron chi connectivity index (χ0n) is 10.4. The molecule has 0 saturated carbocycles. The first kappa shape index (κ1) is 12.8. The average Bonchev–Trinajstić information content (AvgIpc) is 2.28. The van der Waals surface area contributed by atoms with Crippen LogP contribution in [0.3, 0.4) is 0 Å². The van der Waals surface area contributed by atoms with E-state index in [0.717, 1.165) is 18.4 Å².